The van der Waals surface area contributed by atoms with Gasteiger partial charge in [-0.15, -0.1) is 0 Å². The lowest BCUT2D eigenvalue weighted by molar-refractivity contribution is -0.401. The number of halogens is 1. The van der Waals surface area contributed by atoms with Crippen LogP contribution >= 0.6 is 25.0 Å². The van der Waals surface area contributed by atoms with Gasteiger partial charge in [-0.3, -0.25) is 0 Å². The van der Waals surface area contributed by atoms with Crippen LogP contribution in [0.5, 0.6) is 0 Å². The number of nitrogens with zero attached hydrogens (tertiary/aromatic N) is 2. The second-order valence-electron chi connectivity index (χ2n) is 14.0. The summed E-state index contributed by atoms with van der Waals surface area (Å²) in [4.78, 5) is 2.59. The maximum atomic E-state index is 3.06. The number of rotatable bonds is 10. The third-order valence-electron chi connectivity index (χ3n) is 10.1. The van der Waals surface area contributed by atoms with Gasteiger partial charge >= 0.3 is 0 Å². The first kappa shape index (κ1) is 43.1. The molecule has 0 amide bonds. The molecule has 4 heteroatoms. The van der Waals surface area contributed by atoms with Crippen LogP contribution in [0.2, 0.25) is 0 Å². The first-order valence-electron chi connectivity index (χ1n) is 19.5. The molecule has 4 aromatic carbocycles. The normalized spacial score (nSPS) is 16.2. The zero-order valence-corrected chi connectivity index (χ0v) is 36.3. The fraction of sp³-hybridized carbons (Fsp3) is 0.396. The summed E-state index contributed by atoms with van der Waals surface area (Å²) < 4.78 is 2.35. The number of unbranched alkanes of at least 4 members (excludes halogenated alkanes) is 4. The van der Waals surface area contributed by atoms with Crippen LogP contribution < -0.4 is 4.90 Å². The monoisotopic (exact) mass is 779 g/mol. The van der Waals surface area contributed by atoms with Crippen LogP contribution in [0.25, 0.3) is 21.5 Å². The van der Waals surface area contributed by atoms with Crippen molar-refractivity contribution in [2.75, 3.05) is 24.7 Å². The summed E-state index contributed by atoms with van der Waals surface area (Å²) >= 11 is 3.06. The number of hydrogen-bond donors (Lipinski definition) is 0. The predicted octanol–water partition coefficient (Wildman–Crippen LogP) is 15.0. The molecule has 0 aromatic heterocycles. The van der Waals surface area contributed by atoms with E-state index in [-0.39, 0.29) is 10.8 Å². The maximum Gasteiger partial charge on any atom is 0.210 e. The second kappa shape index (κ2) is 20.8. The quantitative estimate of drug-likeness (QED) is 0.0898. The molecule has 2 aliphatic heterocycles. The van der Waals surface area contributed by atoms with Crippen LogP contribution in [0.15, 0.2) is 121 Å². The molecule has 0 fully saturated rings. The van der Waals surface area contributed by atoms with Gasteiger partial charge in [0.05, 0.1) is 5.41 Å². The Hall–Kier alpha value is -3.34. The number of benzene rings is 4. The highest BCUT2D eigenvalue weighted by atomic mass is 79.9. The molecule has 0 N–H and O–H groups in total. The minimum Gasteiger partial charge on any atom is -0.344 e. The third-order valence-corrected chi connectivity index (χ3v) is 10.1. The van der Waals surface area contributed by atoms with Gasteiger partial charge in [0.2, 0.25) is 5.69 Å². The average Bonchev–Trinajstić information content (AvgIpc) is 3.50. The van der Waals surface area contributed by atoms with Crippen LogP contribution in [0.1, 0.15) is 106 Å². The molecule has 0 spiro atoms. The smallest absolute Gasteiger partial charge is 0.210 e. The van der Waals surface area contributed by atoms with Gasteiger partial charge in [-0.05, 0) is 86.7 Å². The predicted molar refractivity (Wildman–Crippen MR) is 242 cm³/mol. The molecule has 2 aliphatic rings. The molecule has 6 rings (SSSR count). The van der Waals surface area contributed by atoms with E-state index >= 15 is 0 Å². The van der Waals surface area contributed by atoms with Crippen molar-refractivity contribution < 1.29 is 4.58 Å². The zero-order valence-electron chi connectivity index (χ0n) is 33.9. The minimum atomic E-state index is -0.0674. The highest BCUT2D eigenvalue weighted by Gasteiger charge is 2.44. The van der Waals surface area contributed by atoms with Crippen LogP contribution in [0.3, 0.4) is 0 Å². The van der Waals surface area contributed by atoms with Crippen molar-refractivity contribution in [2.45, 2.75) is 105 Å². The first-order valence-corrected chi connectivity index (χ1v) is 22.5. The highest BCUT2D eigenvalue weighted by molar-refractivity contribution is 9.50. The van der Waals surface area contributed by atoms with E-state index in [1.165, 1.54) is 87.6 Å². The van der Waals surface area contributed by atoms with Gasteiger partial charge in [0.1, 0.15) is 7.05 Å². The van der Waals surface area contributed by atoms with Crippen molar-refractivity contribution >= 4 is 63.6 Å². The van der Waals surface area contributed by atoms with Gasteiger partial charge in [0.15, 0.2) is 5.71 Å². The molecule has 0 atom stereocenters. The van der Waals surface area contributed by atoms with E-state index in [9.17, 15) is 0 Å². The molecule has 0 bridgehead atoms. The Balaban J connectivity index is 0.000000975. The molecular weight excluding hydrogens is 717 g/mol. The van der Waals surface area contributed by atoms with Crippen LogP contribution in [0.4, 0.5) is 11.4 Å². The molecule has 0 saturated carbocycles. The minimum absolute atomic E-state index is 0.0667. The van der Waals surface area contributed by atoms with E-state index in [4.69, 9.17) is 0 Å². The third kappa shape index (κ3) is 9.41. The van der Waals surface area contributed by atoms with E-state index in [0.717, 1.165) is 6.54 Å². The number of allylic oxidation sites excluding steroid dienone is 8. The fourth-order valence-electron chi connectivity index (χ4n) is 7.83. The van der Waals surface area contributed by atoms with Gasteiger partial charge in [-0.2, -0.15) is 4.58 Å². The Morgan fingerprint density at radius 1 is 0.673 bits per heavy atom. The van der Waals surface area contributed by atoms with Crippen molar-refractivity contribution in [1.29, 1.82) is 0 Å². The van der Waals surface area contributed by atoms with E-state index in [1.54, 1.807) is 10.2 Å². The average molecular weight is 781 g/mol. The van der Waals surface area contributed by atoms with Gasteiger partial charge in [0.25, 0.3) is 0 Å². The van der Waals surface area contributed by atoms with Crippen molar-refractivity contribution in [3.05, 3.63) is 132 Å². The fourth-order valence-corrected chi connectivity index (χ4v) is 7.83. The lowest BCUT2D eigenvalue weighted by Gasteiger charge is -2.27. The molecule has 0 aliphatic carbocycles. The van der Waals surface area contributed by atoms with Gasteiger partial charge in [-0.25, -0.2) is 0 Å². The van der Waals surface area contributed by atoms with Crippen molar-refractivity contribution in [3.63, 3.8) is 0 Å². The van der Waals surface area contributed by atoms with E-state index < -0.39 is 0 Å². The van der Waals surface area contributed by atoms with Crippen LogP contribution in [-0.2, 0) is 10.8 Å². The molecular formula is C48H64BrN2S+. The summed E-state index contributed by atoms with van der Waals surface area (Å²) in [6.07, 6.45) is 23.9. The van der Waals surface area contributed by atoms with Gasteiger partial charge < -0.3 is 4.90 Å². The van der Waals surface area contributed by atoms with Crippen molar-refractivity contribution in [2.24, 2.45) is 0 Å². The Bertz CT molecular complexity index is 1910. The van der Waals surface area contributed by atoms with Crippen molar-refractivity contribution in [1.82, 2.24) is 0 Å². The summed E-state index contributed by atoms with van der Waals surface area (Å²) in [7, 11) is 3.75. The van der Waals surface area contributed by atoms with Crippen molar-refractivity contribution in [3.8, 4) is 0 Å². The Kier molecular flexibility index (Phi) is 17.2. The summed E-state index contributed by atoms with van der Waals surface area (Å²) in [5, 5.41) is 5.35. The van der Waals surface area contributed by atoms with E-state index in [1.807, 2.05) is 34.0 Å². The maximum absolute atomic E-state index is 3.06. The van der Waals surface area contributed by atoms with E-state index in [2.05, 4.69) is 181 Å². The Labute approximate surface area is 328 Å². The molecule has 0 unspecified atom stereocenters. The second-order valence-corrected chi connectivity index (χ2v) is 16.2. The summed E-state index contributed by atoms with van der Waals surface area (Å²) in [6.45, 7) is 20.8. The summed E-state index contributed by atoms with van der Waals surface area (Å²) in [5.74, 6) is 0. The molecule has 0 saturated heterocycles. The van der Waals surface area contributed by atoms with Gasteiger partial charge in [-0.1, -0.05) is 169 Å². The molecule has 0 radical (unpaired) electrons. The molecule has 2 nitrogen and oxygen atoms in total. The number of fused-ring (bicyclic) bond motifs is 6. The molecule has 52 heavy (non-hydrogen) atoms. The standard InChI is InChI=1S/C43H49N2.2C2H6.CH3BrS/c1-7-8-9-13-20-31-45-37-30-28-33-22-17-19-24-35(33)41(37)43(4,5)39(45)26-15-12-10-11-14-25-38-42(2,3)40-34-23-18-16-21-32(34)27-29-36(40)44(38)6;2*1-2;1-3-2/h10-12,14-19,21-30H,7-9,13,20,31H2,1-6H3;2*1-2H3;1H3/q+1;;;. The lowest BCUT2D eigenvalue weighted by Crippen LogP contribution is -2.27. The first-order chi connectivity index (χ1) is 25.2. The van der Waals surface area contributed by atoms with Gasteiger partial charge in [0, 0.05) is 41.1 Å². The largest absolute Gasteiger partial charge is 0.344 e. The topological polar surface area (TPSA) is 6.25 Å². The highest BCUT2D eigenvalue weighted by Crippen LogP contribution is 2.51. The molecule has 2 heterocycles. The summed E-state index contributed by atoms with van der Waals surface area (Å²) in [6, 6.07) is 26.8. The van der Waals surface area contributed by atoms with Crippen LogP contribution in [-0.4, -0.2) is 30.1 Å². The van der Waals surface area contributed by atoms with Crippen LogP contribution in [0, 0.1) is 0 Å². The summed E-state index contributed by atoms with van der Waals surface area (Å²) in [5.41, 5.74) is 8.13. The SMILES string of the molecule is CC.CC.CCCCCCCN1/C(=C/C=C/C=C/C=C/C2=[N+](C)c3ccc4ccccc4c3C2(C)C)C(C)(C)c2c1ccc1ccccc21.CSBr. The Morgan fingerprint density at radius 3 is 1.85 bits per heavy atom. The zero-order chi connectivity index (χ0) is 38.3. The molecule has 278 valence electrons. The Morgan fingerprint density at radius 2 is 1.21 bits per heavy atom. The lowest BCUT2D eigenvalue weighted by atomic mass is 9.79. The number of anilines is 1. The number of hydrogen-bond acceptors (Lipinski definition) is 2. The van der Waals surface area contributed by atoms with E-state index in [0.29, 0.717) is 0 Å². The molecule has 4 aromatic rings.